The van der Waals surface area contributed by atoms with Crippen molar-refractivity contribution in [3.8, 4) is 11.5 Å². The number of nitrogens with two attached hydrogens (primary N) is 1. The average molecular weight is 239 g/mol. The second-order valence-electron chi connectivity index (χ2n) is 3.72. The van der Waals surface area contributed by atoms with E-state index in [1.54, 1.807) is 0 Å². The van der Waals surface area contributed by atoms with E-state index in [2.05, 4.69) is 0 Å². The Morgan fingerprint density at radius 2 is 2.06 bits per heavy atom. The molecule has 5 nitrogen and oxygen atoms in total. The Hall–Kier alpha value is -1.30. The first-order valence-corrected chi connectivity index (χ1v) is 5.67. The minimum absolute atomic E-state index is 0.0128. The van der Waals surface area contributed by atoms with Crippen molar-refractivity contribution in [2.45, 2.75) is 6.10 Å². The number of benzene rings is 1. The van der Waals surface area contributed by atoms with Gasteiger partial charge in [-0.15, -0.1) is 0 Å². The average Bonchev–Trinajstić information content (AvgIpc) is 2.39. The second kappa shape index (κ2) is 5.86. The maximum Gasteiger partial charge on any atom is 0.161 e. The molecule has 0 radical (unpaired) electrons. The number of aliphatic hydroxyl groups excluding tert-OH is 1. The van der Waals surface area contributed by atoms with Crippen LogP contribution in [0.25, 0.3) is 0 Å². The molecule has 0 saturated carbocycles. The summed E-state index contributed by atoms with van der Waals surface area (Å²) in [6.45, 7) is 1.76. The van der Waals surface area contributed by atoms with E-state index in [1.165, 1.54) is 0 Å². The standard InChI is InChI=1S/C12H17NO4/c13-8-12(15-4-3-14)9-1-2-10-11(7-9)17-6-5-16-10/h1-2,7,12,14H,3-6,8,13H2. The van der Waals surface area contributed by atoms with Crippen molar-refractivity contribution in [1.82, 2.24) is 0 Å². The van der Waals surface area contributed by atoms with E-state index in [0.29, 0.717) is 19.8 Å². The van der Waals surface area contributed by atoms with E-state index in [4.69, 9.17) is 25.1 Å². The van der Waals surface area contributed by atoms with Crippen molar-refractivity contribution in [3.05, 3.63) is 23.8 Å². The summed E-state index contributed by atoms with van der Waals surface area (Å²) in [6, 6.07) is 5.64. The molecule has 1 aromatic rings. The molecule has 0 saturated heterocycles. The third-order valence-electron chi connectivity index (χ3n) is 2.56. The number of hydrogen-bond donors (Lipinski definition) is 2. The fourth-order valence-corrected chi connectivity index (χ4v) is 1.76. The normalized spacial score (nSPS) is 15.6. The fraction of sp³-hybridized carbons (Fsp3) is 0.500. The van der Waals surface area contributed by atoms with Crippen LogP contribution in [0.5, 0.6) is 11.5 Å². The summed E-state index contributed by atoms with van der Waals surface area (Å²) >= 11 is 0. The summed E-state index contributed by atoms with van der Waals surface area (Å²) < 4.78 is 16.4. The van der Waals surface area contributed by atoms with E-state index in [1.807, 2.05) is 18.2 Å². The minimum Gasteiger partial charge on any atom is -0.486 e. The van der Waals surface area contributed by atoms with Gasteiger partial charge in [-0.25, -0.2) is 0 Å². The van der Waals surface area contributed by atoms with Gasteiger partial charge in [0.1, 0.15) is 13.2 Å². The van der Waals surface area contributed by atoms with Crippen molar-refractivity contribution >= 4 is 0 Å². The predicted octanol–water partition coefficient (Wildman–Crippen LogP) is 0.466. The van der Waals surface area contributed by atoms with Crippen molar-refractivity contribution in [3.63, 3.8) is 0 Å². The zero-order chi connectivity index (χ0) is 12.1. The van der Waals surface area contributed by atoms with Crippen LogP contribution in [0.15, 0.2) is 18.2 Å². The van der Waals surface area contributed by atoms with Crippen LogP contribution in [0, 0.1) is 0 Å². The Morgan fingerprint density at radius 3 is 2.76 bits per heavy atom. The fourth-order valence-electron chi connectivity index (χ4n) is 1.76. The van der Waals surface area contributed by atoms with E-state index < -0.39 is 0 Å². The maximum atomic E-state index is 8.74. The van der Waals surface area contributed by atoms with Gasteiger partial charge < -0.3 is 25.1 Å². The molecule has 94 valence electrons. The van der Waals surface area contributed by atoms with Crippen LogP contribution in [0.2, 0.25) is 0 Å². The van der Waals surface area contributed by atoms with E-state index in [9.17, 15) is 0 Å². The predicted molar refractivity (Wildman–Crippen MR) is 62.3 cm³/mol. The Bertz CT molecular complexity index is 370. The topological polar surface area (TPSA) is 73.9 Å². The van der Waals surface area contributed by atoms with E-state index >= 15 is 0 Å². The first-order chi connectivity index (χ1) is 8.35. The van der Waals surface area contributed by atoms with Gasteiger partial charge in [0.2, 0.25) is 0 Å². The first kappa shape index (κ1) is 12.2. The van der Waals surface area contributed by atoms with Crippen LogP contribution in [0.1, 0.15) is 11.7 Å². The van der Waals surface area contributed by atoms with Gasteiger partial charge in [0, 0.05) is 6.54 Å². The molecule has 0 spiro atoms. The Kier molecular flexibility index (Phi) is 4.19. The summed E-state index contributed by atoms with van der Waals surface area (Å²) in [5, 5.41) is 8.74. The van der Waals surface area contributed by atoms with Crippen LogP contribution in [-0.2, 0) is 4.74 Å². The first-order valence-electron chi connectivity index (χ1n) is 5.67. The Balaban J connectivity index is 2.13. The molecule has 0 aliphatic carbocycles. The number of hydrogen-bond acceptors (Lipinski definition) is 5. The lowest BCUT2D eigenvalue weighted by atomic mass is 10.1. The molecule has 1 aliphatic rings. The van der Waals surface area contributed by atoms with Crippen LogP contribution >= 0.6 is 0 Å². The van der Waals surface area contributed by atoms with Gasteiger partial charge >= 0.3 is 0 Å². The molecule has 17 heavy (non-hydrogen) atoms. The summed E-state index contributed by atoms with van der Waals surface area (Å²) in [5.41, 5.74) is 6.58. The van der Waals surface area contributed by atoms with Gasteiger partial charge in [0.05, 0.1) is 19.3 Å². The summed E-state index contributed by atoms with van der Waals surface area (Å²) in [7, 11) is 0. The maximum absolute atomic E-state index is 8.74. The molecule has 0 bridgehead atoms. The second-order valence-corrected chi connectivity index (χ2v) is 3.72. The monoisotopic (exact) mass is 239 g/mol. The van der Waals surface area contributed by atoms with Gasteiger partial charge in [0.25, 0.3) is 0 Å². The third-order valence-corrected chi connectivity index (χ3v) is 2.56. The molecule has 1 aromatic carbocycles. The molecular weight excluding hydrogens is 222 g/mol. The zero-order valence-electron chi connectivity index (χ0n) is 9.59. The van der Waals surface area contributed by atoms with Gasteiger partial charge in [-0.2, -0.15) is 0 Å². The molecule has 5 heteroatoms. The zero-order valence-corrected chi connectivity index (χ0v) is 9.59. The highest BCUT2D eigenvalue weighted by atomic mass is 16.6. The lowest BCUT2D eigenvalue weighted by Crippen LogP contribution is -2.19. The molecule has 0 aromatic heterocycles. The molecule has 2 rings (SSSR count). The molecule has 0 amide bonds. The highest BCUT2D eigenvalue weighted by molar-refractivity contribution is 5.44. The largest absolute Gasteiger partial charge is 0.486 e. The van der Waals surface area contributed by atoms with Gasteiger partial charge in [-0.3, -0.25) is 0 Å². The number of fused-ring (bicyclic) bond motifs is 1. The van der Waals surface area contributed by atoms with Crippen molar-refractivity contribution < 1.29 is 19.3 Å². The van der Waals surface area contributed by atoms with Crippen LogP contribution in [0.3, 0.4) is 0 Å². The van der Waals surface area contributed by atoms with Crippen LogP contribution < -0.4 is 15.2 Å². The number of rotatable bonds is 5. The Morgan fingerprint density at radius 1 is 1.29 bits per heavy atom. The highest BCUT2D eigenvalue weighted by Crippen LogP contribution is 2.33. The van der Waals surface area contributed by atoms with Gasteiger partial charge in [-0.05, 0) is 17.7 Å². The van der Waals surface area contributed by atoms with Crippen LogP contribution in [-0.4, -0.2) is 38.1 Å². The summed E-state index contributed by atoms with van der Waals surface area (Å²) in [6.07, 6.45) is -0.224. The van der Waals surface area contributed by atoms with Crippen molar-refractivity contribution in [2.75, 3.05) is 33.0 Å². The van der Waals surface area contributed by atoms with Crippen molar-refractivity contribution in [1.29, 1.82) is 0 Å². The highest BCUT2D eigenvalue weighted by Gasteiger charge is 2.16. The van der Waals surface area contributed by atoms with Crippen molar-refractivity contribution in [2.24, 2.45) is 5.73 Å². The van der Waals surface area contributed by atoms with Crippen LogP contribution in [0.4, 0.5) is 0 Å². The minimum atomic E-state index is -0.224. The SMILES string of the molecule is NCC(OCCO)c1ccc2c(c1)OCCO2. The molecule has 1 atom stereocenters. The molecule has 1 aliphatic heterocycles. The quantitative estimate of drug-likeness (QED) is 0.781. The third kappa shape index (κ3) is 2.88. The molecule has 1 heterocycles. The molecule has 3 N–H and O–H groups in total. The summed E-state index contributed by atoms with van der Waals surface area (Å²) in [4.78, 5) is 0. The lowest BCUT2D eigenvalue weighted by molar-refractivity contribution is 0.0326. The molecule has 1 unspecified atom stereocenters. The van der Waals surface area contributed by atoms with Gasteiger partial charge in [-0.1, -0.05) is 6.07 Å². The smallest absolute Gasteiger partial charge is 0.161 e. The van der Waals surface area contributed by atoms with E-state index in [-0.39, 0.29) is 19.3 Å². The number of ether oxygens (including phenoxy) is 3. The van der Waals surface area contributed by atoms with Gasteiger partial charge in [0.15, 0.2) is 11.5 Å². The number of aliphatic hydroxyl groups is 1. The molecular formula is C12H17NO4. The summed E-state index contributed by atoms with van der Waals surface area (Å²) in [5.74, 6) is 1.47. The molecule has 0 fully saturated rings. The lowest BCUT2D eigenvalue weighted by Gasteiger charge is -2.21. The van der Waals surface area contributed by atoms with E-state index in [0.717, 1.165) is 17.1 Å². The Labute approximate surface area is 100 Å².